The highest BCUT2D eigenvalue weighted by molar-refractivity contribution is 7.92. The van der Waals surface area contributed by atoms with Crippen molar-refractivity contribution in [1.82, 2.24) is 0 Å². The van der Waals surface area contributed by atoms with Gasteiger partial charge in [-0.3, -0.25) is 4.72 Å². The second kappa shape index (κ2) is 6.17. The van der Waals surface area contributed by atoms with Crippen LogP contribution < -0.4 is 14.6 Å². The van der Waals surface area contributed by atoms with Gasteiger partial charge < -0.3 is 14.9 Å². The Morgan fingerprint density at radius 3 is 2.52 bits per heavy atom. The highest BCUT2D eigenvalue weighted by Gasteiger charge is 2.18. The summed E-state index contributed by atoms with van der Waals surface area (Å²) in [6.07, 6.45) is 0. The lowest BCUT2D eigenvalue weighted by Crippen LogP contribution is -2.15. The number of rotatable bonds is 5. The highest BCUT2D eigenvalue weighted by atomic mass is 32.2. The fraction of sp³-hybridized carbons (Fsp3) is 0.133. The molecule has 122 valence electrons. The van der Waals surface area contributed by atoms with Crippen molar-refractivity contribution in [3.63, 3.8) is 0 Å². The summed E-state index contributed by atoms with van der Waals surface area (Å²) >= 11 is 0. The molecule has 0 saturated heterocycles. The van der Waals surface area contributed by atoms with E-state index in [0.29, 0.717) is 5.75 Å². The fourth-order valence-corrected chi connectivity index (χ4v) is 3.04. The number of hydrogen-bond acceptors (Lipinski definition) is 5. The van der Waals surface area contributed by atoms with Gasteiger partial charge in [-0.1, -0.05) is 17.9 Å². The van der Waals surface area contributed by atoms with Crippen molar-refractivity contribution in [2.75, 3.05) is 11.8 Å². The van der Waals surface area contributed by atoms with Gasteiger partial charge in [-0.2, -0.15) is 0 Å². The van der Waals surface area contributed by atoms with Gasteiger partial charge >= 0.3 is 5.97 Å². The number of nitrogens with one attached hydrogen (secondary N) is 1. The SMILES string of the molecule is COc1ccc(C)cc1NS(=O)(=O)c1ccc([O-])c(C(=O)O)c1. The molecule has 2 aromatic carbocycles. The number of aromatic carboxylic acids is 1. The summed E-state index contributed by atoms with van der Waals surface area (Å²) < 4.78 is 32.2. The number of methoxy groups -OCH3 is 1. The molecule has 7 nitrogen and oxygen atoms in total. The Labute approximate surface area is 133 Å². The molecule has 0 atom stereocenters. The second-order valence-corrected chi connectivity index (χ2v) is 6.45. The number of carboxylic acid groups (broad SMARTS) is 1. The number of aryl methyl sites for hydroxylation is 1. The molecular weight excluding hydrogens is 322 g/mol. The molecule has 2 aromatic rings. The fourth-order valence-electron chi connectivity index (χ4n) is 1.95. The molecule has 0 spiro atoms. The maximum atomic E-state index is 12.4. The Balaban J connectivity index is 2.46. The van der Waals surface area contributed by atoms with Crippen molar-refractivity contribution in [3.05, 3.63) is 47.5 Å². The van der Waals surface area contributed by atoms with Crippen LogP contribution in [-0.4, -0.2) is 26.6 Å². The topological polar surface area (TPSA) is 116 Å². The van der Waals surface area contributed by atoms with Crippen LogP contribution in [0.25, 0.3) is 0 Å². The van der Waals surface area contributed by atoms with Crippen molar-refractivity contribution in [2.45, 2.75) is 11.8 Å². The molecule has 0 aromatic heterocycles. The first-order valence-corrected chi connectivity index (χ1v) is 7.95. The van der Waals surface area contributed by atoms with E-state index in [9.17, 15) is 18.3 Å². The number of anilines is 1. The number of carbonyl (C=O) groups is 1. The van der Waals surface area contributed by atoms with E-state index in [2.05, 4.69) is 4.72 Å². The smallest absolute Gasteiger partial charge is 0.335 e. The predicted octanol–water partition coefficient (Wildman–Crippen LogP) is 1.58. The van der Waals surface area contributed by atoms with Crippen molar-refractivity contribution in [1.29, 1.82) is 0 Å². The predicted molar refractivity (Wildman–Crippen MR) is 81.4 cm³/mol. The van der Waals surface area contributed by atoms with Crippen molar-refractivity contribution in [3.8, 4) is 11.5 Å². The van der Waals surface area contributed by atoms with Crippen LogP contribution in [0.3, 0.4) is 0 Å². The molecule has 0 aliphatic carbocycles. The van der Waals surface area contributed by atoms with Gasteiger partial charge in [0.1, 0.15) is 5.75 Å². The van der Waals surface area contributed by atoms with Crippen LogP contribution in [0.4, 0.5) is 5.69 Å². The van der Waals surface area contributed by atoms with Gasteiger partial charge in [0.05, 0.1) is 23.3 Å². The summed E-state index contributed by atoms with van der Waals surface area (Å²) in [5.41, 5.74) is 0.421. The molecule has 0 bridgehead atoms. The summed E-state index contributed by atoms with van der Waals surface area (Å²) in [5, 5.41) is 20.4. The van der Waals surface area contributed by atoms with E-state index >= 15 is 0 Å². The van der Waals surface area contributed by atoms with Gasteiger partial charge in [0.2, 0.25) is 0 Å². The molecule has 23 heavy (non-hydrogen) atoms. The third kappa shape index (κ3) is 3.54. The highest BCUT2D eigenvalue weighted by Crippen LogP contribution is 2.28. The molecule has 0 unspecified atom stereocenters. The first-order chi connectivity index (χ1) is 10.7. The summed E-state index contributed by atoms with van der Waals surface area (Å²) in [7, 11) is -2.67. The minimum Gasteiger partial charge on any atom is -0.872 e. The lowest BCUT2D eigenvalue weighted by atomic mass is 10.2. The first-order valence-electron chi connectivity index (χ1n) is 6.46. The molecule has 2 N–H and O–H groups in total. The Bertz CT molecular complexity index is 860. The van der Waals surface area contributed by atoms with Crippen LogP contribution in [-0.2, 0) is 10.0 Å². The van der Waals surface area contributed by atoms with E-state index in [0.717, 1.165) is 23.8 Å². The molecule has 0 aliphatic heterocycles. The normalized spacial score (nSPS) is 11.0. The minimum atomic E-state index is -4.07. The Hall–Kier alpha value is -2.74. The van der Waals surface area contributed by atoms with Crippen molar-refractivity contribution in [2.24, 2.45) is 0 Å². The summed E-state index contributed by atoms with van der Waals surface area (Å²) in [6.45, 7) is 1.78. The van der Waals surface area contributed by atoms with Gasteiger partial charge in [0.15, 0.2) is 0 Å². The Kier molecular flexibility index (Phi) is 4.46. The number of hydrogen-bond donors (Lipinski definition) is 2. The lowest BCUT2D eigenvalue weighted by Gasteiger charge is -2.15. The maximum absolute atomic E-state index is 12.4. The van der Waals surface area contributed by atoms with Crippen molar-refractivity contribution >= 4 is 21.7 Å². The van der Waals surface area contributed by atoms with E-state index in [1.54, 1.807) is 25.1 Å². The second-order valence-electron chi connectivity index (χ2n) is 4.77. The standard InChI is InChI=1S/C15H15NO6S/c1-9-3-6-14(22-2)12(7-9)16-23(20,21)10-4-5-13(17)11(8-10)15(18)19/h3-8,16-17H,1-2H3,(H,18,19)/p-1. The van der Waals surface area contributed by atoms with E-state index in [4.69, 9.17) is 9.84 Å². The van der Waals surface area contributed by atoms with E-state index in [1.807, 2.05) is 0 Å². The van der Waals surface area contributed by atoms with Gasteiger partial charge in [0.25, 0.3) is 10.0 Å². The first kappa shape index (κ1) is 16.6. The van der Waals surface area contributed by atoms with E-state index in [-0.39, 0.29) is 10.6 Å². The van der Waals surface area contributed by atoms with Gasteiger partial charge in [-0.15, -0.1) is 0 Å². The average Bonchev–Trinajstić information content (AvgIpc) is 2.47. The van der Waals surface area contributed by atoms with Crippen LogP contribution >= 0.6 is 0 Å². The van der Waals surface area contributed by atoms with Crippen LogP contribution in [0.5, 0.6) is 11.5 Å². The quantitative estimate of drug-likeness (QED) is 0.856. The van der Waals surface area contributed by atoms with Gasteiger partial charge in [0, 0.05) is 0 Å². The van der Waals surface area contributed by atoms with Crippen LogP contribution in [0, 0.1) is 6.92 Å². The Morgan fingerprint density at radius 2 is 1.91 bits per heavy atom. The molecule has 2 rings (SSSR count). The molecule has 0 heterocycles. The molecule has 0 fully saturated rings. The van der Waals surface area contributed by atoms with Crippen LogP contribution in [0.2, 0.25) is 0 Å². The largest absolute Gasteiger partial charge is 0.872 e. The molecule has 0 amide bonds. The summed E-state index contributed by atoms with van der Waals surface area (Å²) in [6, 6.07) is 7.73. The molecular formula is C15H14NO6S-. The van der Waals surface area contributed by atoms with Gasteiger partial charge in [-0.05, 0) is 36.8 Å². The third-order valence-electron chi connectivity index (χ3n) is 3.09. The Morgan fingerprint density at radius 1 is 1.22 bits per heavy atom. The number of benzene rings is 2. The number of sulfonamides is 1. The zero-order valence-electron chi connectivity index (χ0n) is 12.4. The average molecular weight is 336 g/mol. The summed E-state index contributed by atoms with van der Waals surface area (Å²) in [4.78, 5) is 10.6. The molecule has 0 radical (unpaired) electrons. The monoisotopic (exact) mass is 336 g/mol. The van der Waals surface area contributed by atoms with E-state index < -0.39 is 27.3 Å². The lowest BCUT2D eigenvalue weighted by molar-refractivity contribution is -0.268. The van der Waals surface area contributed by atoms with Crippen LogP contribution in [0.15, 0.2) is 41.3 Å². The minimum absolute atomic E-state index is 0.218. The third-order valence-corrected chi connectivity index (χ3v) is 4.45. The number of ether oxygens (including phenoxy) is 1. The zero-order chi connectivity index (χ0) is 17.2. The maximum Gasteiger partial charge on any atom is 0.335 e. The van der Waals surface area contributed by atoms with Crippen LogP contribution in [0.1, 0.15) is 15.9 Å². The molecule has 0 aliphatic rings. The molecule has 8 heteroatoms. The zero-order valence-corrected chi connectivity index (χ0v) is 13.2. The van der Waals surface area contributed by atoms with Crippen molar-refractivity contribution < 1.29 is 28.2 Å². The van der Waals surface area contributed by atoms with Gasteiger partial charge in [-0.25, -0.2) is 13.2 Å². The molecule has 0 saturated carbocycles. The number of carboxylic acids is 1. The van der Waals surface area contributed by atoms with E-state index in [1.165, 1.54) is 7.11 Å². The summed E-state index contributed by atoms with van der Waals surface area (Å²) in [5.74, 6) is -1.93.